The topological polar surface area (TPSA) is 46.3 Å². The van der Waals surface area contributed by atoms with Crippen molar-refractivity contribution in [2.75, 3.05) is 4.67 Å². The second-order valence-corrected chi connectivity index (χ2v) is 7.10. The van der Waals surface area contributed by atoms with Gasteiger partial charge in [0.1, 0.15) is 0 Å². The average Bonchev–Trinajstić information content (AvgIpc) is 2.58. The van der Waals surface area contributed by atoms with Gasteiger partial charge < -0.3 is 0 Å². The van der Waals surface area contributed by atoms with E-state index in [2.05, 4.69) is 0 Å². The summed E-state index contributed by atoms with van der Waals surface area (Å²) in [5, 5.41) is 0.628. The quantitative estimate of drug-likeness (QED) is 0.731. The van der Waals surface area contributed by atoms with Crippen LogP contribution in [0.3, 0.4) is 0 Å². The molecule has 0 radical (unpaired) electrons. The van der Waals surface area contributed by atoms with Crippen LogP contribution in [0.1, 0.15) is 0 Å². The van der Waals surface area contributed by atoms with Crippen LogP contribution in [0, 0.1) is 0 Å². The maximum atomic E-state index is 13.4. The van der Waals surface area contributed by atoms with Crippen LogP contribution >= 0.6 is 7.44 Å². The molecule has 0 bridgehead atoms. The number of nitrogens with two attached hydrogens (primary N) is 1. The summed E-state index contributed by atoms with van der Waals surface area (Å²) < 4.78 is 15.1. The zero-order valence-corrected chi connectivity index (χ0v) is 12.9. The molecule has 4 heteroatoms. The lowest BCUT2D eigenvalue weighted by Crippen LogP contribution is -2.26. The fourth-order valence-corrected chi connectivity index (χ4v) is 4.17. The van der Waals surface area contributed by atoms with Crippen LogP contribution in [-0.4, -0.2) is 0 Å². The Morgan fingerprint density at radius 3 is 1.41 bits per heavy atom. The number of nitrogens with zero attached hydrogens (tertiary/aromatic N) is 1. The zero-order chi connectivity index (χ0) is 15.4. The van der Waals surface area contributed by atoms with Gasteiger partial charge in [-0.25, -0.2) is 0 Å². The van der Waals surface area contributed by atoms with Crippen molar-refractivity contribution < 1.29 is 4.57 Å². The van der Waals surface area contributed by atoms with Crippen LogP contribution in [0.15, 0.2) is 91.0 Å². The van der Waals surface area contributed by atoms with Gasteiger partial charge in [0.25, 0.3) is 7.44 Å². The summed E-state index contributed by atoms with van der Waals surface area (Å²) in [6.07, 6.45) is 0. The van der Waals surface area contributed by atoms with Crippen molar-refractivity contribution in [3.8, 4) is 0 Å². The highest BCUT2D eigenvalue weighted by Gasteiger charge is 2.29. The van der Waals surface area contributed by atoms with Crippen molar-refractivity contribution >= 4 is 24.1 Å². The molecular weight excluding hydrogens is 291 g/mol. The Morgan fingerprint density at radius 2 is 1.00 bits per heavy atom. The van der Waals surface area contributed by atoms with Gasteiger partial charge in [0, 0.05) is 16.7 Å². The van der Waals surface area contributed by atoms with Gasteiger partial charge in [-0.05, 0) is 36.4 Å². The molecule has 0 aliphatic carbocycles. The molecule has 3 nitrogen and oxygen atoms in total. The van der Waals surface area contributed by atoms with E-state index >= 15 is 0 Å². The summed E-state index contributed by atoms with van der Waals surface area (Å²) in [7, 11) is -3.27. The second kappa shape index (κ2) is 6.18. The standard InChI is InChI=1S/C18H17N2OP/c19-22(21,18-14-8-3-9-15-18)20(16-10-4-1-5-11-16)17-12-6-2-7-13-17/h1-15H,(H2,19,21). The summed E-state index contributed by atoms with van der Waals surface area (Å²) >= 11 is 0. The number of anilines is 2. The molecule has 0 aliphatic heterocycles. The molecule has 0 aliphatic rings. The van der Waals surface area contributed by atoms with Gasteiger partial charge in [-0.15, -0.1) is 0 Å². The molecule has 110 valence electrons. The molecule has 0 saturated carbocycles. The second-order valence-electron chi connectivity index (χ2n) is 4.94. The molecule has 1 unspecified atom stereocenters. The molecule has 0 heterocycles. The van der Waals surface area contributed by atoms with E-state index in [1.807, 2.05) is 78.9 Å². The molecule has 22 heavy (non-hydrogen) atoms. The molecular formula is C18H17N2OP. The zero-order valence-electron chi connectivity index (χ0n) is 12.0. The minimum absolute atomic E-state index is 0.628. The van der Waals surface area contributed by atoms with Gasteiger partial charge in [-0.3, -0.25) is 14.7 Å². The lowest BCUT2D eigenvalue weighted by Gasteiger charge is -2.31. The SMILES string of the molecule is NP(=O)(c1ccccc1)N(c1ccccc1)c1ccccc1. The third-order valence-corrected chi connectivity index (χ3v) is 5.52. The van der Waals surface area contributed by atoms with Gasteiger partial charge in [0.15, 0.2) is 0 Å². The minimum Gasteiger partial charge on any atom is -0.277 e. The molecule has 1 atom stereocenters. The van der Waals surface area contributed by atoms with Crippen LogP contribution in [0.5, 0.6) is 0 Å². The van der Waals surface area contributed by atoms with E-state index in [0.29, 0.717) is 5.30 Å². The Kier molecular flexibility index (Phi) is 4.10. The molecule has 2 N–H and O–H groups in total. The van der Waals surface area contributed by atoms with Gasteiger partial charge in [-0.2, -0.15) is 0 Å². The average molecular weight is 308 g/mol. The Bertz CT molecular complexity index is 736. The lowest BCUT2D eigenvalue weighted by molar-refractivity contribution is 0.582. The smallest absolute Gasteiger partial charge is 0.268 e. The van der Waals surface area contributed by atoms with E-state index in [9.17, 15) is 4.57 Å². The Labute approximate surface area is 130 Å². The monoisotopic (exact) mass is 308 g/mol. The van der Waals surface area contributed by atoms with E-state index in [1.54, 1.807) is 16.8 Å². The van der Waals surface area contributed by atoms with Gasteiger partial charge in [-0.1, -0.05) is 54.6 Å². The first-order valence-electron chi connectivity index (χ1n) is 7.04. The van der Waals surface area contributed by atoms with Crippen LogP contribution < -0.4 is 15.5 Å². The number of benzene rings is 3. The molecule has 0 amide bonds. The van der Waals surface area contributed by atoms with Gasteiger partial charge in [0.2, 0.25) is 0 Å². The number of para-hydroxylation sites is 2. The molecule has 0 spiro atoms. The largest absolute Gasteiger partial charge is 0.277 e. The lowest BCUT2D eigenvalue weighted by atomic mass is 10.3. The first-order valence-corrected chi connectivity index (χ1v) is 8.77. The van der Waals surface area contributed by atoms with Crippen molar-refractivity contribution in [1.82, 2.24) is 0 Å². The predicted molar refractivity (Wildman–Crippen MR) is 92.9 cm³/mol. The minimum atomic E-state index is -3.27. The van der Waals surface area contributed by atoms with Crippen molar-refractivity contribution in [2.45, 2.75) is 0 Å². The molecule has 3 aromatic rings. The van der Waals surface area contributed by atoms with Gasteiger partial charge >= 0.3 is 0 Å². The van der Waals surface area contributed by atoms with Gasteiger partial charge in [0.05, 0.1) is 0 Å². The summed E-state index contributed by atoms with van der Waals surface area (Å²) in [6, 6.07) is 28.4. The highest BCUT2D eigenvalue weighted by Crippen LogP contribution is 2.49. The van der Waals surface area contributed by atoms with Crippen molar-refractivity contribution in [3.63, 3.8) is 0 Å². The molecule has 3 rings (SSSR count). The summed E-state index contributed by atoms with van der Waals surface area (Å²) in [5.74, 6) is 0. The Hall–Kier alpha value is -2.35. The highest BCUT2D eigenvalue weighted by atomic mass is 31.2. The predicted octanol–water partition coefficient (Wildman–Crippen LogP) is 4.30. The molecule has 0 aromatic heterocycles. The number of rotatable bonds is 4. The van der Waals surface area contributed by atoms with E-state index in [0.717, 1.165) is 11.4 Å². The first-order chi connectivity index (χ1) is 10.7. The third kappa shape index (κ3) is 2.82. The van der Waals surface area contributed by atoms with Crippen molar-refractivity contribution in [1.29, 1.82) is 0 Å². The Balaban J connectivity index is 2.16. The normalized spacial score (nSPS) is 13.3. The van der Waals surface area contributed by atoms with Crippen molar-refractivity contribution in [2.24, 2.45) is 5.50 Å². The highest BCUT2D eigenvalue weighted by molar-refractivity contribution is 7.71. The maximum absolute atomic E-state index is 13.4. The van der Waals surface area contributed by atoms with Crippen LogP contribution in [0.2, 0.25) is 0 Å². The van der Waals surface area contributed by atoms with E-state index in [1.165, 1.54) is 0 Å². The summed E-state index contributed by atoms with van der Waals surface area (Å²) in [5.41, 5.74) is 7.95. The number of hydrogen-bond acceptors (Lipinski definition) is 1. The van der Waals surface area contributed by atoms with E-state index in [-0.39, 0.29) is 0 Å². The molecule has 0 saturated heterocycles. The fraction of sp³-hybridized carbons (Fsp3) is 0. The van der Waals surface area contributed by atoms with Crippen LogP contribution in [0.25, 0.3) is 0 Å². The van der Waals surface area contributed by atoms with Crippen LogP contribution in [-0.2, 0) is 4.57 Å². The maximum Gasteiger partial charge on any atom is 0.268 e. The Morgan fingerprint density at radius 1 is 0.636 bits per heavy atom. The first kappa shape index (κ1) is 14.6. The summed E-state index contributed by atoms with van der Waals surface area (Å²) in [6.45, 7) is 0. The fourth-order valence-electron chi connectivity index (χ4n) is 2.39. The molecule has 0 fully saturated rings. The van der Waals surface area contributed by atoms with Crippen molar-refractivity contribution in [3.05, 3.63) is 91.0 Å². The third-order valence-electron chi connectivity index (χ3n) is 3.42. The molecule has 3 aromatic carbocycles. The van der Waals surface area contributed by atoms with E-state index < -0.39 is 7.44 Å². The van der Waals surface area contributed by atoms with E-state index in [4.69, 9.17) is 5.50 Å². The summed E-state index contributed by atoms with van der Waals surface area (Å²) in [4.78, 5) is 0. The van der Waals surface area contributed by atoms with Crippen LogP contribution in [0.4, 0.5) is 11.4 Å². The number of hydrogen-bond donors (Lipinski definition) is 1.